The number of aromatic carboxylic acids is 1. The lowest BCUT2D eigenvalue weighted by Crippen LogP contribution is -1.97. The zero-order valence-corrected chi connectivity index (χ0v) is 8.55. The van der Waals surface area contributed by atoms with E-state index in [0.29, 0.717) is 16.8 Å². The van der Waals surface area contributed by atoms with Crippen molar-refractivity contribution in [3.05, 3.63) is 22.5 Å². The molecule has 0 aliphatic heterocycles. The summed E-state index contributed by atoms with van der Waals surface area (Å²) in [6.07, 6.45) is 0. The zero-order chi connectivity index (χ0) is 11.0. The SMILES string of the molecule is COc1cc(C(=O)O)cc2[nH]c(=S)oc12. The minimum atomic E-state index is -1.03. The summed E-state index contributed by atoms with van der Waals surface area (Å²) >= 11 is 4.80. The third-order valence-corrected chi connectivity index (χ3v) is 2.14. The quantitative estimate of drug-likeness (QED) is 0.766. The number of benzene rings is 1. The van der Waals surface area contributed by atoms with E-state index >= 15 is 0 Å². The zero-order valence-electron chi connectivity index (χ0n) is 7.73. The van der Waals surface area contributed by atoms with Gasteiger partial charge in [0.1, 0.15) is 0 Å². The van der Waals surface area contributed by atoms with E-state index in [-0.39, 0.29) is 10.4 Å². The van der Waals surface area contributed by atoms with Gasteiger partial charge in [0.15, 0.2) is 11.3 Å². The third-order valence-electron chi connectivity index (χ3n) is 1.95. The van der Waals surface area contributed by atoms with Crippen LogP contribution in [0.3, 0.4) is 0 Å². The standard InChI is InChI=1S/C9H7NO4S/c1-13-6-3-4(8(11)12)2-5-7(6)14-9(15)10-5/h2-3H,1H3,(H,10,15)(H,11,12). The number of H-pyrrole nitrogens is 1. The summed E-state index contributed by atoms with van der Waals surface area (Å²) in [5.41, 5.74) is 1.05. The van der Waals surface area contributed by atoms with E-state index in [4.69, 9.17) is 26.5 Å². The molecule has 5 nitrogen and oxygen atoms in total. The lowest BCUT2D eigenvalue weighted by atomic mass is 10.2. The molecule has 2 aromatic rings. The van der Waals surface area contributed by atoms with Crippen molar-refractivity contribution in [3.63, 3.8) is 0 Å². The first-order valence-corrected chi connectivity index (χ1v) is 4.47. The van der Waals surface area contributed by atoms with Crippen LogP contribution in [0.4, 0.5) is 0 Å². The molecule has 1 heterocycles. The Balaban J connectivity index is 2.81. The number of aromatic amines is 1. The van der Waals surface area contributed by atoms with Crippen LogP contribution >= 0.6 is 12.2 Å². The van der Waals surface area contributed by atoms with Gasteiger partial charge in [-0.1, -0.05) is 0 Å². The highest BCUT2D eigenvalue weighted by Gasteiger charge is 2.12. The molecule has 0 atom stereocenters. The number of carboxylic acid groups (broad SMARTS) is 1. The van der Waals surface area contributed by atoms with Crippen LogP contribution in [0.2, 0.25) is 0 Å². The molecule has 2 N–H and O–H groups in total. The average molecular weight is 225 g/mol. The Hall–Kier alpha value is -1.82. The Morgan fingerprint density at radius 1 is 1.60 bits per heavy atom. The number of carbonyl (C=O) groups is 1. The highest BCUT2D eigenvalue weighted by molar-refractivity contribution is 7.71. The summed E-state index contributed by atoms with van der Waals surface area (Å²) < 4.78 is 10.2. The molecule has 0 bridgehead atoms. The molecule has 78 valence electrons. The third kappa shape index (κ3) is 1.59. The first kappa shape index (κ1) is 9.72. The van der Waals surface area contributed by atoms with Crippen molar-refractivity contribution in [2.75, 3.05) is 7.11 Å². The molecule has 0 saturated heterocycles. The highest BCUT2D eigenvalue weighted by Crippen LogP contribution is 2.27. The van der Waals surface area contributed by atoms with Crippen molar-refractivity contribution in [1.29, 1.82) is 0 Å². The fourth-order valence-corrected chi connectivity index (χ4v) is 1.50. The predicted octanol–water partition coefficient (Wildman–Crippen LogP) is 2.20. The fourth-order valence-electron chi connectivity index (χ4n) is 1.30. The summed E-state index contributed by atoms with van der Waals surface area (Å²) in [6, 6.07) is 2.83. The number of oxazole rings is 1. The van der Waals surface area contributed by atoms with Gasteiger partial charge in [0.05, 0.1) is 18.2 Å². The molecule has 0 saturated carbocycles. The Labute approximate surface area is 89.3 Å². The molecule has 0 aliphatic carbocycles. The maximum Gasteiger partial charge on any atom is 0.335 e. The van der Waals surface area contributed by atoms with E-state index in [1.54, 1.807) is 0 Å². The number of hydrogen-bond acceptors (Lipinski definition) is 4. The second-order valence-electron chi connectivity index (χ2n) is 2.87. The Kier molecular flexibility index (Phi) is 2.20. The van der Waals surface area contributed by atoms with Gasteiger partial charge in [-0.3, -0.25) is 0 Å². The van der Waals surface area contributed by atoms with Crippen molar-refractivity contribution in [2.24, 2.45) is 0 Å². The van der Waals surface area contributed by atoms with Gasteiger partial charge in [0.25, 0.3) is 4.84 Å². The molecule has 2 rings (SSSR count). The molecule has 15 heavy (non-hydrogen) atoms. The Bertz CT molecular complexity index is 583. The Morgan fingerprint density at radius 3 is 2.93 bits per heavy atom. The maximum atomic E-state index is 10.8. The van der Waals surface area contributed by atoms with Crippen LogP contribution in [-0.2, 0) is 0 Å². The summed E-state index contributed by atoms with van der Waals surface area (Å²) in [5, 5.41) is 8.84. The van der Waals surface area contributed by atoms with E-state index in [9.17, 15) is 4.79 Å². The van der Waals surface area contributed by atoms with Gasteiger partial charge in [-0.05, 0) is 24.4 Å². The van der Waals surface area contributed by atoms with E-state index in [2.05, 4.69) is 4.98 Å². The topological polar surface area (TPSA) is 75.5 Å². The van der Waals surface area contributed by atoms with Gasteiger partial charge in [-0.25, -0.2) is 4.79 Å². The molecule has 0 amide bonds. The van der Waals surface area contributed by atoms with Crippen molar-refractivity contribution in [2.45, 2.75) is 0 Å². The maximum absolute atomic E-state index is 10.8. The number of hydrogen-bond donors (Lipinski definition) is 2. The van der Waals surface area contributed by atoms with Crippen LogP contribution in [0.5, 0.6) is 5.75 Å². The van der Waals surface area contributed by atoms with Crippen molar-refractivity contribution >= 4 is 29.3 Å². The summed E-state index contributed by atoms with van der Waals surface area (Å²) in [4.78, 5) is 13.7. The predicted molar refractivity (Wildman–Crippen MR) is 54.9 cm³/mol. The smallest absolute Gasteiger partial charge is 0.335 e. The lowest BCUT2D eigenvalue weighted by Gasteiger charge is -2.01. The average Bonchev–Trinajstić information content (AvgIpc) is 2.56. The largest absolute Gasteiger partial charge is 0.493 e. The summed E-state index contributed by atoms with van der Waals surface area (Å²) in [6.45, 7) is 0. The highest BCUT2D eigenvalue weighted by atomic mass is 32.1. The molecule has 1 aromatic carbocycles. The van der Waals surface area contributed by atoms with E-state index in [1.165, 1.54) is 19.2 Å². The van der Waals surface area contributed by atoms with Crippen LogP contribution < -0.4 is 4.74 Å². The monoisotopic (exact) mass is 225 g/mol. The van der Waals surface area contributed by atoms with Crippen LogP contribution in [-0.4, -0.2) is 23.2 Å². The van der Waals surface area contributed by atoms with Crippen LogP contribution in [0.1, 0.15) is 10.4 Å². The van der Waals surface area contributed by atoms with E-state index < -0.39 is 5.97 Å². The molecular weight excluding hydrogens is 218 g/mol. The van der Waals surface area contributed by atoms with Crippen molar-refractivity contribution in [3.8, 4) is 5.75 Å². The molecule has 0 radical (unpaired) electrons. The molecule has 0 unspecified atom stereocenters. The second kappa shape index (κ2) is 3.39. The Morgan fingerprint density at radius 2 is 2.33 bits per heavy atom. The second-order valence-corrected chi connectivity index (χ2v) is 3.25. The molecule has 1 aromatic heterocycles. The minimum Gasteiger partial charge on any atom is -0.493 e. The minimum absolute atomic E-state index is 0.117. The van der Waals surface area contributed by atoms with E-state index in [0.717, 1.165) is 0 Å². The molecule has 6 heteroatoms. The summed E-state index contributed by atoms with van der Waals surface area (Å²) in [5.74, 6) is -0.687. The van der Waals surface area contributed by atoms with Gasteiger partial charge in [-0.2, -0.15) is 0 Å². The summed E-state index contributed by atoms with van der Waals surface area (Å²) in [7, 11) is 1.44. The molecule has 0 fully saturated rings. The van der Waals surface area contributed by atoms with Gasteiger partial charge < -0.3 is 19.2 Å². The van der Waals surface area contributed by atoms with E-state index in [1.807, 2.05) is 0 Å². The molecule has 0 spiro atoms. The van der Waals surface area contributed by atoms with Crippen LogP contribution in [0, 0.1) is 4.84 Å². The number of nitrogens with one attached hydrogen (secondary N) is 1. The molecule has 0 aliphatic rings. The number of fused-ring (bicyclic) bond motifs is 1. The van der Waals surface area contributed by atoms with Crippen molar-refractivity contribution in [1.82, 2.24) is 4.98 Å². The lowest BCUT2D eigenvalue weighted by molar-refractivity contribution is 0.0696. The first-order chi connectivity index (χ1) is 7.11. The van der Waals surface area contributed by atoms with Crippen LogP contribution in [0.15, 0.2) is 16.5 Å². The number of carboxylic acids is 1. The van der Waals surface area contributed by atoms with Gasteiger partial charge in [0, 0.05) is 0 Å². The van der Waals surface area contributed by atoms with Crippen LogP contribution in [0.25, 0.3) is 11.1 Å². The number of aromatic nitrogens is 1. The number of rotatable bonds is 2. The molecular formula is C9H7NO4S. The van der Waals surface area contributed by atoms with Crippen molar-refractivity contribution < 1.29 is 19.1 Å². The normalized spacial score (nSPS) is 10.5. The van der Waals surface area contributed by atoms with Gasteiger partial charge >= 0.3 is 5.97 Å². The van der Waals surface area contributed by atoms with Gasteiger partial charge in [0.2, 0.25) is 0 Å². The van der Waals surface area contributed by atoms with Gasteiger partial charge in [-0.15, -0.1) is 0 Å². The number of methoxy groups -OCH3 is 1. The number of ether oxygens (including phenoxy) is 1. The first-order valence-electron chi connectivity index (χ1n) is 4.06. The fraction of sp³-hybridized carbons (Fsp3) is 0.111.